The second-order valence-electron chi connectivity index (χ2n) is 5.05. The highest BCUT2D eigenvalue weighted by Gasteiger charge is 2.17. The normalized spacial score (nSPS) is 13.5. The van der Waals surface area contributed by atoms with Gasteiger partial charge in [0.15, 0.2) is 11.5 Å². The average Bonchev–Trinajstić information content (AvgIpc) is 2.92. The molecule has 2 N–H and O–H groups in total. The maximum absolute atomic E-state index is 5.95. The van der Waals surface area contributed by atoms with Crippen LogP contribution in [-0.2, 0) is 6.54 Å². The van der Waals surface area contributed by atoms with Crippen LogP contribution in [0.4, 0.5) is 0 Å². The maximum Gasteiger partial charge on any atom is 0.162 e. The molecule has 0 bridgehead atoms. The zero-order chi connectivity index (χ0) is 15.1. The minimum absolute atomic E-state index is 0.404. The van der Waals surface area contributed by atoms with Gasteiger partial charge in [-0.25, -0.2) is 4.98 Å². The standard InChI is InChI=1S/C16H14BrN3O2/c17-11-2-4-15-19-16(12(8-18)20(15)9-11)10-1-3-13-14(7-10)22-6-5-21-13/h1-4,7,9H,5-6,8,18H2. The lowest BCUT2D eigenvalue weighted by atomic mass is 10.1. The fourth-order valence-electron chi connectivity index (χ4n) is 2.68. The van der Waals surface area contributed by atoms with Gasteiger partial charge in [0.25, 0.3) is 0 Å². The number of nitrogens with zero attached hydrogens (tertiary/aromatic N) is 2. The van der Waals surface area contributed by atoms with Crippen LogP contribution in [0.3, 0.4) is 0 Å². The van der Waals surface area contributed by atoms with Crippen LogP contribution in [0, 0.1) is 0 Å². The summed E-state index contributed by atoms with van der Waals surface area (Å²) in [5.74, 6) is 1.53. The number of benzene rings is 1. The Morgan fingerprint density at radius 3 is 2.77 bits per heavy atom. The van der Waals surface area contributed by atoms with Crippen LogP contribution in [0.5, 0.6) is 11.5 Å². The molecule has 0 fully saturated rings. The first-order chi connectivity index (χ1) is 10.8. The van der Waals surface area contributed by atoms with Crippen LogP contribution in [-0.4, -0.2) is 22.6 Å². The van der Waals surface area contributed by atoms with Gasteiger partial charge in [-0.05, 0) is 46.3 Å². The summed E-state index contributed by atoms with van der Waals surface area (Å²) in [7, 11) is 0. The van der Waals surface area contributed by atoms with E-state index >= 15 is 0 Å². The first-order valence-electron chi connectivity index (χ1n) is 7.03. The molecule has 1 aliphatic heterocycles. The largest absolute Gasteiger partial charge is 0.486 e. The highest BCUT2D eigenvalue weighted by Crippen LogP contribution is 2.35. The molecular weight excluding hydrogens is 346 g/mol. The van der Waals surface area contributed by atoms with Crippen molar-refractivity contribution in [1.82, 2.24) is 9.38 Å². The molecule has 5 nitrogen and oxygen atoms in total. The minimum atomic E-state index is 0.404. The number of nitrogens with two attached hydrogens (primary N) is 1. The third kappa shape index (κ3) is 2.15. The molecule has 0 atom stereocenters. The number of pyridine rings is 1. The Morgan fingerprint density at radius 1 is 1.14 bits per heavy atom. The minimum Gasteiger partial charge on any atom is -0.486 e. The highest BCUT2D eigenvalue weighted by atomic mass is 79.9. The molecule has 1 aromatic carbocycles. The van der Waals surface area contributed by atoms with E-state index < -0.39 is 0 Å². The molecule has 0 saturated carbocycles. The lowest BCUT2D eigenvalue weighted by molar-refractivity contribution is 0.171. The number of halogens is 1. The van der Waals surface area contributed by atoms with Gasteiger partial charge in [-0.3, -0.25) is 0 Å². The molecule has 22 heavy (non-hydrogen) atoms. The summed E-state index contributed by atoms with van der Waals surface area (Å²) in [6, 6.07) is 9.80. The first kappa shape index (κ1) is 13.6. The van der Waals surface area contributed by atoms with Crippen LogP contribution in [0.25, 0.3) is 16.9 Å². The van der Waals surface area contributed by atoms with Crippen molar-refractivity contribution in [3.05, 3.63) is 46.7 Å². The van der Waals surface area contributed by atoms with Crippen molar-refractivity contribution < 1.29 is 9.47 Å². The number of rotatable bonds is 2. The van der Waals surface area contributed by atoms with Gasteiger partial charge >= 0.3 is 0 Å². The number of aromatic nitrogens is 2. The van der Waals surface area contributed by atoms with E-state index in [1.165, 1.54) is 0 Å². The number of imidazole rings is 1. The Hall–Kier alpha value is -2.05. The van der Waals surface area contributed by atoms with E-state index in [-0.39, 0.29) is 0 Å². The molecule has 0 unspecified atom stereocenters. The fraction of sp³-hybridized carbons (Fsp3) is 0.188. The molecule has 0 saturated heterocycles. The van der Waals surface area contributed by atoms with Crippen molar-refractivity contribution in [2.24, 2.45) is 5.73 Å². The van der Waals surface area contributed by atoms with Gasteiger partial charge in [0.2, 0.25) is 0 Å². The highest BCUT2D eigenvalue weighted by molar-refractivity contribution is 9.10. The van der Waals surface area contributed by atoms with Gasteiger partial charge in [-0.2, -0.15) is 0 Å². The van der Waals surface area contributed by atoms with Crippen LogP contribution in [0.2, 0.25) is 0 Å². The second kappa shape index (κ2) is 5.30. The van der Waals surface area contributed by atoms with E-state index in [1.54, 1.807) is 0 Å². The van der Waals surface area contributed by atoms with Gasteiger partial charge < -0.3 is 19.6 Å². The van der Waals surface area contributed by atoms with Crippen molar-refractivity contribution in [3.8, 4) is 22.8 Å². The number of hydrogen-bond donors (Lipinski definition) is 1. The fourth-order valence-corrected chi connectivity index (χ4v) is 3.02. The van der Waals surface area contributed by atoms with E-state index in [4.69, 9.17) is 20.2 Å². The molecule has 3 heterocycles. The van der Waals surface area contributed by atoms with Gasteiger partial charge in [0.05, 0.1) is 11.4 Å². The molecule has 0 aliphatic carbocycles. The second-order valence-corrected chi connectivity index (χ2v) is 5.96. The lowest BCUT2D eigenvalue weighted by Gasteiger charge is -2.18. The zero-order valence-corrected chi connectivity index (χ0v) is 13.3. The third-order valence-electron chi connectivity index (χ3n) is 3.69. The Morgan fingerprint density at radius 2 is 1.95 bits per heavy atom. The molecule has 112 valence electrons. The zero-order valence-electron chi connectivity index (χ0n) is 11.8. The number of fused-ring (bicyclic) bond motifs is 2. The molecule has 3 aromatic rings. The summed E-state index contributed by atoms with van der Waals surface area (Å²) in [6.45, 7) is 1.56. The molecule has 6 heteroatoms. The van der Waals surface area contributed by atoms with Crippen LogP contribution in [0.1, 0.15) is 5.69 Å². The molecular formula is C16H14BrN3O2. The Bertz CT molecular complexity index is 860. The number of hydrogen-bond acceptors (Lipinski definition) is 4. The average molecular weight is 360 g/mol. The van der Waals surface area contributed by atoms with E-state index in [1.807, 2.05) is 40.9 Å². The smallest absolute Gasteiger partial charge is 0.162 e. The summed E-state index contributed by atoms with van der Waals surface area (Å²) in [5.41, 5.74) is 9.64. The van der Waals surface area contributed by atoms with Crippen molar-refractivity contribution in [3.63, 3.8) is 0 Å². The predicted octanol–water partition coefficient (Wildman–Crippen LogP) is 2.99. The predicted molar refractivity (Wildman–Crippen MR) is 87.2 cm³/mol. The number of ether oxygens (including phenoxy) is 2. The van der Waals surface area contributed by atoms with E-state index in [0.29, 0.717) is 19.8 Å². The van der Waals surface area contributed by atoms with E-state index in [0.717, 1.165) is 38.6 Å². The van der Waals surface area contributed by atoms with Crippen molar-refractivity contribution >= 4 is 21.6 Å². The summed E-state index contributed by atoms with van der Waals surface area (Å²) >= 11 is 3.48. The topological polar surface area (TPSA) is 61.8 Å². The summed E-state index contributed by atoms with van der Waals surface area (Å²) < 4.78 is 14.2. The van der Waals surface area contributed by atoms with Gasteiger partial charge in [0.1, 0.15) is 18.9 Å². The van der Waals surface area contributed by atoms with Crippen LogP contribution in [0.15, 0.2) is 41.0 Å². The Balaban J connectivity index is 1.90. The van der Waals surface area contributed by atoms with E-state index in [2.05, 4.69) is 15.9 Å². The summed E-state index contributed by atoms with van der Waals surface area (Å²) in [4.78, 5) is 4.71. The van der Waals surface area contributed by atoms with Crippen LogP contribution < -0.4 is 15.2 Å². The summed E-state index contributed by atoms with van der Waals surface area (Å²) in [6.07, 6.45) is 1.98. The molecule has 0 amide bonds. The van der Waals surface area contributed by atoms with Gasteiger partial charge in [-0.15, -0.1) is 0 Å². The van der Waals surface area contributed by atoms with Crippen LogP contribution >= 0.6 is 15.9 Å². The van der Waals surface area contributed by atoms with Crippen molar-refractivity contribution in [1.29, 1.82) is 0 Å². The van der Waals surface area contributed by atoms with Gasteiger partial charge in [0, 0.05) is 22.8 Å². The first-order valence-corrected chi connectivity index (χ1v) is 7.82. The van der Waals surface area contributed by atoms with Crippen molar-refractivity contribution in [2.45, 2.75) is 6.54 Å². The summed E-state index contributed by atoms with van der Waals surface area (Å²) in [5, 5.41) is 0. The lowest BCUT2D eigenvalue weighted by Crippen LogP contribution is -2.15. The molecule has 2 aromatic heterocycles. The SMILES string of the molecule is NCc1c(-c2ccc3c(c2)OCCO3)nc2ccc(Br)cn12. The van der Waals surface area contributed by atoms with Gasteiger partial charge in [-0.1, -0.05) is 0 Å². The quantitative estimate of drug-likeness (QED) is 0.763. The Kier molecular flexibility index (Phi) is 3.28. The van der Waals surface area contributed by atoms with E-state index in [9.17, 15) is 0 Å². The maximum atomic E-state index is 5.95. The molecule has 4 rings (SSSR count). The molecule has 0 radical (unpaired) electrons. The Labute approximate surface area is 135 Å². The molecule has 0 spiro atoms. The van der Waals surface area contributed by atoms with Crippen molar-refractivity contribution in [2.75, 3.05) is 13.2 Å². The monoisotopic (exact) mass is 359 g/mol. The third-order valence-corrected chi connectivity index (χ3v) is 4.16. The molecule has 1 aliphatic rings.